The summed E-state index contributed by atoms with van der Waals surface area (Å²) < 4.78 is 6.10. The van der Waals surface area contributed by atoms with Crippen molar-refractivity contribution in [1.29, 1.82) is 0 Å². The number of carbonyl (C=O) groups excluding carboxylic acids is 3. The number of amides is 3. The van der Waals surface area contributed by atoms with E-state index in [0.29, 0.717) is 29.5 Å². The predicted octanol–water partition coefficient (Wildman–Crippen LogP) is 7.22. The molecule has 39 heavy (non-hydrogen) atoms. The molecular weight excluding hydrogens is 508 g/mol. The molecule has 1 aliphatic heterocycles. The summed E-state index contributed by atoms with van der Waals surface area (Å²) in [6.07, 6.45) is 1.64. The highest BCUT2D eigenvalue weighted by Gasteiger charge is 2.36. The summed E-state index contributed by atoms with van der Waals surface area (Å²) in [5.74, 6) is 0.0423. The highest BCUT2D eigenvalue weighted by Crippen LogP contribution is 2.34. The molecule has 5 rings (SSSR count). The van der Waals surface area contributed by atoms with Gasteiger partial charge in [-0.3, -0.25) is 19.3 Å². The van der Waals surface area contributed by atoms with Crippen molar-refractivity contribution in [3.05, 3.63) is 113 Å². The van der Waals surface area contributed by atoms with Crippen molar-refractivity contribution < 1.29 is 19.1 Å². The van der Waals surface area contributed by atoms with E-state index >= 15 is 0 Å². The molecule has 0 aliphatic carbocycles. The van der Waals surface area contributed by atoms with Gasteiger partial charge in [0.05, 0.1) is 4.91 Å². The minimum absolute atomic E-state index is 0.246. The third-order valence-electron chi connectivity index (χ3n) is 6.45. The highest BCUT2D eigenvalue weighted by molar-refractivity contribution is 8.18. The van der Waals surface area contributed by atoms with Crippen LogP contribution in [-0.2, 0) is 16.2 Å². The SMILES string of the molecule is CC(C)c1ccc(NC(=O)CN2C(=O)S/C(=C\c3ccccc3OCc3ccc4ccccc4c3)C2=O)cc1. The fraction of sp³-hybridized carbons (Fsp3) is 0.156. The number of anilines is 1. The average Bonchev–Trinajstić information content (AvgIpc) is 3.20. The molecule has 6 nitrogen and oxygen atoms in total. The molecule has 0 aromatic heterocycles. The van der Waals surface area contributed by atoms with Gasteiger partial charge in [0.2, 0.25) is 5.91 Å². The van der Waals surface area contributed by atoms with E-state index in [4.69, 9.17) is 4.74 Å². The van der Waals surface area contributed by atoms with E-state index in [-0.39, 0.29) is 11.4 Å². The Kier molecular flexibility index (Phi) is 7.79. The number of imide groups is 1. The Bertz CT molecular complexity index is 1580. The third-order valence-corrected chi connectivity index (χ3v) is 7.36. The van der Waals surface area contributed by atoms with Gasteiger partial charge in [-0.15, -0.1) is 0 Å². The van der Waals surface area contributed by atoms with Crippen molar-refractivity contribution in [3.8, 4) is 5.75 Å². The van der Waals surface area contributed by atoms with Crippen LogP contribution in [0.2, 0.25) is 0 Å². The lowest BCUT2D eigenvalue weighted by atomic mass is 10.0. The zero-order valence-electron chi connectivity index (χ0n) is 21.7. The average molecular weight is 537 g/mol. The van der Waals surface area contributed by atoms with E-state index in [9.17, 15) is 14.4 Å². The summed E-state index contributed by atoms with van der Waals surface area (Å²) in [6.45, 7) is 4.19. The Hall–Kier alpha value is -4.36. The summed E-state index contributed by atoms with van der Waals surface area (Å²) in [6, 6.07) is 29.2. The van der Waals surface area contributed by atoms with E-state index < -0.39 is 17.1 Å². The van der Waals surface area contributed by atoms with Crippen LogP contribution in [0, 0.1) is 0 Å². The van der Waals surface area contributed by atoms with Crippen LogP contribution in [0.15, 0.2) is 95.9 Å². The van der Waals surface area contributed by atoms with Crippen LogP contribution in [0.1, 0.15) is 36.5 Å². The van der Waals surface area contributed by atoms with Crippen LogP contribution in [0.3, 0.4) is 0 Å². The number of carbonyl (C=O) groups is 3. The summed E-state index contributed by atoms with van der Waals surface area (Å²) in [7, 11) is 0. The Morgan fingerprint density at radius 2 is 1.64 bits per heavy atom. The van der Waals surface area contributed by atoms with E-state index in [1.54, 1.807) is 6.08 Å². The molecule has 4 aromatic rings. The number of nitrogens with one attached hydrogen (secondary N) is 1. The lowest BCUT2D eigenvalue weighted by molar-refractivity contribution is -0.127. The maximum Gasteiger partial charge on any atom is 0.294 e. The van der Waals surface area contributed by atoms with Gasteiger partial charge in [0, 0.05) is 11.3 Å². The minimum atomic E-state index is -0.500. The predicted molar refractivity (Wildman–Crippen MR) is 157 cm³/mol. The molecule has 0 unspecified atom stereocenters. The van der Waals surface area contributed by atoms with Crippen molar-refractivity contribution in [2.75, 3.05) is 11.9 Å². The topological polar surface area (TPSA) is 75.7 Å². The standard InChI is InChI=1S/C32H28N2O4S/c1-21(2)23-13-15-27(16-14-23)33-30(35)19-34-31(36)29(39-32(34)37)18-26-9-5-6-10-28(26)38-20-22-11-12-24-7-3-4-8-25(24)17-22/h3-18,21H,19-20H2,1-2H3,(H,33,35)/b29-18-. The molecule has 4 aromatic carbocycles. The molecule has 1 fully saturated rings. The van der Waals surface area contributed by atoms with Crippen LogP contribution in [-0.4, -0.2) is 28.5 Å². The molecule has 0 spiro atoms. The zero-order valence-corrected chi connectivity index (χ0v) is 22.5. The van der Waals surface area contributed by atoms with Gasteiger partial charge < -0.3 is 10.1 Å². The largest absolute Gasteiger partial charge is 0.488 e. The smallest absolute Gasteiger partial charge is 0.294 e. The number of thioether (sulfide) groups is 1. The lowest BCUT2D eigenvalue weighted by Crippen LogP contribution is -2.36. The Labute approximate surface area is 231 Å². The Balaban J connectivity index is 1.25. The van der Waals surface area contributed by atoms with Crippen LogP contribution >= 0.6 is 11.8 Å². The van der Waals surface area contributed by atoms with Gasteiger partial charge in [-0.05, 0) is 69.9 Å². The normalized spacial score (nSPS) is 14.4. The van der Waals surface area contributed by atoms with E-state index in [2.05, 4.69) is 43.4 Å². The highest BCUT2D eigenvalue weighted by atomic mass is 32.2. The van der Waals surface area contributed by atoms with Crippen molar-refractivity contribution >= 4 is 51.4 Å². The molecule has 7 heteroatoms. The van der Waals surface area contributed by atoms with Crippen molar-refractivity contribution in [2.24, 2.45) is 0 Å². The number of hydrogen-bond acceptors (Lipinski definition) is 5. The first-order valence-corrected chi connectivity index (χ1v) is 13.5. The van der Waals surface area contributed by atoms with Crippen molar-refractivity contribution in [3.63, 3.8) is 0 Å². The van der Waals surface area contributed by atoms with Gasteiger partial charge in [-0.2, -0.15) is 0 Å². The van der Waals surface area contributed by atoms with Crippen molar-refractivity contribution in [1.82, 2.24) is 4.90 Å². The molecule has 0 saturated carbocycles. The van der Waals surface area contributed by atoms with Crippen molar-refractivity contribution in [2.45, 2.75) is 26.4 Å². The zero-order chi connectivity index (χ0) is 27.4. The first-order chi connectivity index (χ1) is 18.9. The maximum atomic E-state index is 13.0. The Morgan fingerprint density at radius 3 is 2.41 bits per heavy atom. The molecule has 3 amide bonds. The first kappa shape index (κ1) is 26.3. The fourth-order valence-electron chi connectivity index (χ4n) is 4.29. The summed E-state index contributed by atoms with van der Waals surface area (Å²) in [5.41, 5.74) is 3.47. The molecule has 1 heterocycles. The van der Waals surface area contributed by atoms with Crippen LogP contribution in [0.4, 0.5) is 10.5 Å². The van der Waals surface area contributed by atoms with Gasteiger partial charge in [-0.1, -0.05) is 80.6 Å². The number of ether oxygens (including phenoxy) is 1. The van der Waals surface area contributed by atoms with Crippen LogP contribution in [0.5, 0.6) is 5.75 Å². The number of benzene rings is 4. The quantitative estimate of drug-likeness (QED) is 0.241. The summed E-state index contributed by atoms with van der Waals surface area (Å²) in [5, 5.41) is 4.58. The maximum absolute atomic E-state index is 13.0. The fourth-order valence-corrected chi connectivity index (χ4v) is 5.12. The van der Waals surface area contributed by atoms with E-state index in [1.807, 2.05) is 66.7 Å². The van der Waals surface area contributed by atoms with Crippen LogP contribution < -0.4 is 10.1 Å². The van der Waals surface area contributed by atoms with Gasteiger partial charge >= 0.3 is 0 Å². The summed E-state index contributed by atoms with van der Waals surface area (Å²) in [4.78, 5) is 39.5. The van der Waals surface area contributed by atoms with Gasteiger partial charge in [0.25, 0.3) is 11.1 Å². The second-order valence-electron chi connectivity index (χ2n) is 9.60. The molecule has 1 aliphatic rings. The summed E-state index contributed by atoms with van der Waals surface area (Å²) >= 11 is 0.818. The molecule has 0 atom stereocenters. The second kappa shape index (κ2) is 11.6. The third kappa shape index (κ3) is 6.21. The molecule has 1 N–H and O–H groups in total. The van der Waals surface area contributed by atoms with Gasteiger partial charge in [-0.25, -0.2) is 0 Å². The number of nitrogens with zero attached hydrogens (tertiary/aromatic N) is 1. The molecule has 0 bridgehead atoms. The molecule has 0 radical (unpaired) electrons. The van der Waals surface area contributed by atoms with Crippen LogP contribution in [0.25, 0.3) is 16.8 Å². The molecular formula is C32H28N2O4S. The van der Waals surface area contributed by atoms with Gasteiger partial charge in [0.15, 0.2) is 0 Å². The number of para-hydroxylation sites is 1. The Morgan fingerprint density at radius 1 is 0.923 bits per heavy atom. The first-order valence-electron chi connectivity index (χ1n) is 12.7. The second-order valence-corrected chi connectivity index (χ2v) is 10.6. The number of fused-ring (bicyclic) bond motifs is 1. The number of hydrogen-bond donors (Lipinski definition) is 1. The molecule has 1 saturated heterocycles. The monoisotopic (exact) mass is 536 g/mol. The lowest BCUT2D eigenvalue weighted by Gasteiger charge is -2.13. The van der Waals surface area contributed by atoms with E-state index in [1.165, 1.54) is 0 Å². The van der Waals surface area contributed by atoms with E-state index in [0.717, 1.165) is 38.6 Å². The van der Waals surface area contributed by atoms with Gasteiger partial charge in [0.1, 0.15) is 18.9 Å². The molecule has 196 valence electrons. The minimum Gasteiger partial charge on any atom is -0.488 e. The number of rotatable bonds is 8.